The van der Waals surface area contributed by atoms with E-state index in [2.05, 4.69) is 19.6 Å². The van der Waals surface area contributed by atoms with Crippen molar-refractivity contribution in [1.29, 1.82) is 0 Å². The number of hydrogen-bond acceptors (Lipinski definition) is 5. The molecule has 9 heteroatoms. The van der Waals surface area contributed by atoms with Gasteiger partial charge < -0.3 is 9.42 Å². The summed E-state index contributed by atoms with van der Waals surface area (Å²) < 4.78 is 42.8. The lowest BCUT2D eigenvalue weighted by Gasteiger charge is -2.24. The van der Waals surface area contributed by atoms with Crippen LogP contribution in [0.25, 0.3) is 11.4 Å². The summed E-state index contributed by atoms with van der Waals surface area (Å²) in [6, 6.07) is 11.0. The van der Waals surface area contributed by atoms with Crippen molar-refractivity contribution in [3.8, 4) is 11.4 Å². The molecule has 1 aliphatic heterocycles. The van der Waals surface area contributed by atoms with Gasteiger partial charge in [-0.15, -0.1) is 0 Å². The summed E-state index contributed by atoms with van der Waals surface area (Å²) in [7, 11) is 0. The van der Waals surface area contributed by atoms with Gasteiger partial charge in [0.2, 0.25) is 12.0 Å². The van der Waals surface area contributed by atoms with E-state index < -0.39 is 18.5 Å². The van der Waals surface area contributed by atoms with Crippen LogP contribution in [0.2, 0.25) is 0 Å². The van der Waals surface area contributed by atoms with E-state index in [1.807, 2.05) is 37.3 Å². The Morgan fingerprint density at radius 3 is 2.64 bits per heavy atom. The minimum atomic E-state index is -3.26. The Labute approximate surface area is 158 Å². The summed E-state index contributed by atoms with van der Waals surface area (Å²) in [5, 5.41) is 3.52. The van der Waals surface area contributed by atoms with Gasteiger partial charge >= 0.3 is 0 Å². The third kappa shape index (κ3) is 3.12. The maximum Gasteiger partial charge on any atom is 0.278 e. The van der Waals surface area contributed by atoms with E-state index in [0.717, 1.165) is 5.56 Å². The predicted octanol–water partition coefficient (Wildman–Crippen LogP) is 4.12. The first-order valence-corrected chi connectivity index (χ1v) is 8.56. The summed E-state index contributed by atoms with van der Waals surface area (Å²) in [5.74, 6) is -1.12. The van der Waals surface area contributed by atoms with Crippen LogP contribution in [0, 0.1) is 0 Å². The predicted molar refractivity (Wildman–Crippen MR) is 92.1 cm³/mol. The van der Waals surface area contributed by atoms with Gasteiger partial charge in [-0.3, -0.25) is 9.78 Å². The van der Waals surface area contributed by atoms with E-state index in [-0.39, 0.29) is 23.3 Å². The fraction of sp³-hybridized carbons (Fsp3) is 0.263. The Morgan fingerprint density at radius 2 is 1.93 bits per heavy atom. The Bertz CT molecular complexity index is 1010. The molecule has 1 aliphatic rings. The highest BCUT2D eigenvalue weighted by atomic mass is 19.3. The molecule has 0 bridgehead atoms. The fourth-order valence-corrected chi connectivity index (χ4v) is 3.11. The van der Waals surface area contributed by atoms with Crippen LogP contribution in [0.15, 0.2) is 47.1 Å². The molecule has 0 radical (unpaired) electrons. The number of carbonyl (C=O) groups is 1. The normalized spacial score (nSPS) is 15.8. The van der Waals surface area contributed by atoms with E-state index in [4.69, 9.17) is 0 Å². The number of carbonyl (C=O) groups excluding carboxylic acids is 1. The van der Waals surface area contributed by atoms with Crippen molar-refractivity contribution in [2.75, 3.05) is 0 Å². The number of hydrogen-bond donors (Lipinski definition) is 0. The van der Waals surface area contributed by atoms with Crippen molar-refractivity contribution in [3.63, 3.8) is 0 Å². The second-order valence-corrected chi connectivity index (χ2v) is 6.43. The standard InChI is InChI=1S/C19H15F3N4O2/c1-10(11-5-3-2-4-6-11)26-9-14-13(19(26)27)7-12(8-23-14)17-24-18(28-25-17)15(20)16(21)22/h2-8,10,15-16H,9H2,1H3/t10-,15?/m0/s1. The monoisotopic (exact) mass is 388 g/mol. The Kier molecular flexibility index (Phi) is 4.58. The summed E-state index contributed by atoms with van der Waals surface area (Å²) in [5.41, 5.74) is 2.25. The van der Waals surface area contributed by atoms with Crippen molar-refractivity contribution >= 4 is 5.91 Å². The number of alkyl halides is 3. The lowest BCUT2D eigenvalue weighted by atomic mass is 10.1. The SMILES string of the molecule is C[C@@H](c1ccccc1)N1Cc2ncc(-c3noc(C(F)C(F)F)n3)cc2C1=O. The zero-order chi connectivity index (χ0) is 19.8. The third-order valence-corrected chi connectivity index (χ3v) is 4.69. The number of nitrogens with zero attached hydrogens (tertiary/aromatic N) is 4. The van der Waals surface area contributed by atoms with Gasteiger partial charge in [0.05, 0.1) is 23.8 Å². The van der Waals surface area contributed by atoms with Gasteiger partial charge in [0.15, 0.2) is 0 Å². The van der Waals surface area contributed by atoms with E-state index in [1.54, 1.807) is 4.90 Å². The Morgan fingerprint density at radius 1 is 1.18 bits per heavy atom. The first-order chi connectivity index (χ1) is 13.5. The molecule has 0 fully saturated rings. The van der Waals surface area contributed by atoms with Crippen molar-refractivity contribution in [3.05, 3.63) is 65.3 Å². The quantitative estimate of drug-likeness (QED) is 0.657. The molecule has 0 spiro atoms. The molecule has 28 heavy (non-hydrogen) atoms. The summed E-state index contributed by atoms with van der Waals surface area (Å²) in [4.78, 5) is 22.5. The highest BCUT2D eigenvalue weighted by molar-refractivity contribution is 5.99. The Hall–Kier alpha value is -3.23. The largest absolute Gasteiger partial charge is 0.335 e. The van der Waals surface area contributed by atoms with Crippen molar-refractivity contribution in [2.45, 2.75) is 32.1 Å². The molecule has 1 aromatic carbocycles. The van der Waals surface area contributed by atoms with E-state index >= 15 is 0 Å². The first kappa shape index (κ1) is 18.1. The van der Waals surface area contributed by atoms with Crippen LogP contribution in [-0.2, 0) is 6.54 Å². The summed E-state index contributed by atoms with van der Waals surface area (Å²) in [6.07, 6.45) is -4.51. The van der Waals surface area contributed by atoms with Crippen molar-refractivity contribution in [1.82, 2.24) is 20.0 Å². The van der Waals surface area contributed by atoms with Gasteiger partial charge in [-0.05, 0) is 18.6 Å². The van der Waals surface area contributed by atoms with Crippen LogP contribution >= 0.6 is 0 Å². The molecular formula is C19H15F3N4O2. The molecule has 0 saturated heterocycles. The molecule has 2 atom stereocenters. The lowest BCUT2D eigenvalue weighted by Crippen LogP contribution is -2.27. The molecule has 0 aliphatic carbocycles. The number of aromatic nitrogens is 3. The van der Waals surface area contributed by atoms with E-state index in [0.29, 0.717) is 17.8 Å². The van der Waals surface area contributed by atoms with E-state index in [9.17, 15) is 18.0 Å². The number of benzene rings is 1. The fourth-order valence-electron chi connectivity index (χ4n) is 3.11. The smallest absolute Gasteiger partial charge is 0.278 e. The van der Waals surface area contributed by atoms with Gasteiger partial charge in [-0.1, -0.05) is 35.5 Å². The molecule has 1 amide bonds. The molecule has 3 aromatic rings. The number of fused-ring (bicyclic) bond motifs is 1. The van der Waals surface area contributed by atoms with Crippen LogP contribution in [-0.4, -0.2) is 32.4 Å². The van der Waals surface area contributed by atoms with Crippen LogP contribution < -0.4 is 0 Å². The number of halogens is 3. The molecule has 3 heterocycles. The number of rotatable bonds is 5. The van der Waals surface area contributed by atoms with Gasteiger partial charge in [0.25, 0.3) is 18.2 Å². The van der Waals surface area contributed by atoms with Crippen LogP contribution in [0.5, 0.6) is 0 Å². The molecule has 0 saturated carbocycles. The number of amides is 1. The van der Waals surface area contributed by atoms with E-state index in [1.165, 1.54) is 12.3 Å². The van der Waals surface area contributed by atoms with Crippen molar-refractivity contribution in [2.24, 2.45) is 0 Å². The molecule has 0 N–H and O–H groups in total. The van der Waals surface area contributed by atoms with Crippen LogP contribution in [0.4, 0.5) is 13.2 Å². The van der Waals surface area contributed by atoms with Crippen LogP contribution in [0.3, 0.4) is 0 Å². The minimum absolute atomic E-state index is 0.101. The molecule has 1 unspecified atom stereocenters. The van der Waals surface area contributed by atoms with Gasteiger partial charge in [-0.25, -0.2) is 13.2 Å². The van der Waals surface area contributed by atoms with Gasteiger partial charge in [0.1, 0.15) is 0 Å². The van der Waals surface area contributed by atoms with Gasteiger partial charge in [-0.2, -0.15) is 4.98 Å². The minimum Gasteiger partial charge on any atom is -0.335 e. The first-order valence-electron chi connectivity index (χ1n) is 8.56. The highest BCUT2D eigenvalue weighted by Gasteiger charge is 2.33. The van der Waals surface area contributed by atoms with Crippen LogP contribution in [0.1, 0.15) is 46.6 Å². The Balaban J connectivity index is 1.60. The summed E-state index contributed by atoms with van der Waals surface area (Å²) in [6.45, 7) is 2.27. The molecular weight excluding hydrogens is 373 g/mol. The average molecular weight is 388 g/mol. The zero-order valence-electron chi connectivity index (χ0n) is 14.7. The third-order valence-electron chi connectivity index (χ3n) is 4.69. The summed E-state index contributed by atoms with van der Waals surface area (Å²) >= 11 is 0. The molecule has 4 rings (SSSR count). The second-order valence-electron chi connectivity index (χ2n) is 6.43. The number of pyridine rings is 1. The van der Waals surface area contributed by atoms with Crippen molar-refractivity contribution < 1.29 is 22.5 Å². The molecule has 144 valence electrons. The topological polar surface area (TPSA) is 72.1 Å². The maximum atomic E-state index is 13.3. The lowest BCUT2D eigenvalue weighted by molar-refractivity contribution is 0.0314. The average Bonchev–Trinajstić information content (AvgIpc) is 3.32. The maximum absolute atomic E-state index is 13.3. The molecule has 2 aromatic heterocycles. The van der Waals surface area contributed by atoms with Gasteiger partial charge in [0, 0.05) is 11.8 Å². The highest BCUT2D eigenvalue weighted by Crippen LogP contribution is 2.32. The molecule has 6 nitrogen and oxygen atoms in total. The second kappa shape index (κ2) is 7.06. The zero-order valence-corrected chi connectivity index (χ0v) is 14.7.